The molecule has 28 heavy (non-hydrogen) atoms. The smallest absolute Gasteiger partial charge is 0.231 e. The van der Waals surface area contributed by atoms with Crippen LogP contribution in [0.3, 0.4) is 0 Å². The Bertz CT molecular complexity index is 1060. The molecule has 0 saturated heterocycles. The number of allylic oxidation sites excluding steroid dienone is 1. The standard InChI is InChI=1S/C24H17BrO3/c1-2-16-3-5-18(6-4-16)15-27-20-11-12-21-22(14-20)28-23(24(21)26)13-17-7-9-19(25)10-8-17/h2-14H,1,15H2/b23-13-. The Hall–Kier alpha value is -3.11. The van der Waals surface area contributed by atoms with Crippen LogP contribution < -0.4 is 9.47 Å². The summed E-state index contributed by atoms with van der Waals surface area (Å²) in [5.74, 6) is 1.37. The predicted octanol–water partition coefficient (Wildman–Crippen LogP) is 6.29. The molecule has 0 aliphatic carbocycles. The van der Waals surface area contributed by atoms with E-state index in [-0.39, 0.29) is 5.78 Å². The van der Waals surface area contributed by atoms with Crippen molar-refractivity contribution in [2.24, 2.45) is 0 Å². The Morgan fingerprint density at radius 2 is 1.68 bits per heavy atom. The number of hydrogen-bond acceptors (Lipinski definition) is 3. The van der Waals surface area contributed by atoms with Crippen molar-refractivity contribution in [2.75, 3.05) is 0 Å². The van der Waals surface area contributed by atoms with Crippen molar-refractivity contribution in [3.05, 3.63) is 106 Å². The Morgan fingerprint density at radius 1 is 0.964 bits per heavy atom. The van der Waals surface area contributed by atoms with E-state index in [1.165, 1.54) is 0 Å². The van der Waals surface area contributed by atoms with E-state index in [1.807, 2.05) is 48.5 Å². The maximum Gasteiger partial charge on any atom is 0.231 e. The third-order valence-electron chi connectivity index (χ3n) is 4.43. The molecular formula is C24H17BrO3. The molecule has 0 N–H and O–H groups in total. The van der Waals surface area contributed by atoms with Gasteiger partial charge in [-0.2, -0.15) is 0 Å². The van der Waals surface area contributed by atoms with Gasteiger partial charge in [-0.05, 0) is 47.0 Å². The van der Waals surface area contributed by atoms with E-state index < -0.39 is 0 Å². The van der Waals surface area contributed by atoms with Gasteiger partial charge in [-0.15, -0.1) is 0 Å². The number of carbonyl (C=O) groups excluding carboxylic acids is 1. The van der Waals surface area contributed by atoms with Gasteiger partial charge in [0.2, 0.25) is 5.78 Å². The average molecular weight is 433 g/mol. The van der Waals surface area contributed by atoms with E-state index in [1.54, 1.807) is 30.4 Å². The molecule has 0 spiro atoms. The van der Waals surface area contributed by atoms with Crippen LogP contribution in [-0.4, -0.2) is 5.78 Å². The molecular weight excluding hydrogens is 416 g/mol. The molecule has 0 atom stereocenters. The second kappa shape index (κ2) is 7.87. The fourth-order valence-corrected chi connectivity index (χ4v) is 3.15. The normalized spacial score (nSPS) is 13.9. The van der Waals surface area contributed by atoms with Crippen LogP contribution in [0.15, 0.2) is 83.5 Å². The SMILES string of the molecule is C=Cc1ccc(COc2ccc3c(c2)O/C(=C\c2ccc(Br)cc2)C3=O)cc1. The number of fused-ring (bicyclic) bond motifs is 1. The number of ether oxygens (including phenoxy) is 2. The lowest BCUT2D eigenvalue weighted by Gasteiger charge is -2.07. The summed E-state index contributed by atoms with van der Waals surface area (Å²) in [6.07, 6.45) is 3.55. The van der Waals surface area contributed by atoms with Gasteiger partial charge in [0, 0.05) is 10.5 Å². The summed E-state index contributed by atoms with van der Waals surface area (Å²) < 4.78 is 12.6. The molecule has 0 fully saturated rings. The number of halogens is 1. The van der Waals surface area contributed by atoms with E-state index in [0.717, 1.165) is 21.2 Å². The molecule has 138 valence electrons. The first-order chi connectivity index (χ1) is 13.6. The Labute approximate surface area is 172 Å². The molecule has 0 saturated carbocycles. The van der Waals surface area contributed by atoms with Crippen LogP contribution in [0.1, 0.15) is 27.0 Å². The van der Waals surface area contributed by atoms with Crippen molar-refractivity contribution in [3.63, 3.8) is 0 Å². The van der Waals surface area contributed by atoms with Crippen molar-refractivity contribution >= 4 is 33.9 Å². The zero-order chi connectivity index (χ0) is 19.5. The summed E-state index contributed by atoms with van der Waals surface area (Å²) in [7, 11) is 0. The molecule has 3 nitrogen and oxygen atoms in total. The lowest BCUT2D eigenvalue weighted by atomic mass is 10.1. The molecule has 4 rings (SSSR count). The minimum Gasteiger partial charge on any atom is -0.489 e. The molecule has 1 heterocycles. The maximum atomic E-state index is 12.6. The van der Waals surface area contributed by atoms with E-state index in [9.17, 15) is 4.79 Å². The molecule has 4 heteroatoms. The highest BCUT2D eigenvalue weighted by Crippen LogP contribution is 2.35. The fourth-order valence-electron chi connectivity index (χ4n) is 2.88. The number of rotatable bonds is 5. The molecule has 1 aliphatic rings. The van der Waals surface area contributed by atoms with Gasteiger partial charge in [0.05, 0.1) is 5.56 Å². The minimum absolute atomic E-state index is 0.121. The zero-order valence-corrected chi connectivity index (χ0v) is 16.6. The van der Waals surface area contributed by atoms with Crippen LogP contribution in [0.25, 0.3) is 12.2 Å². The zero-order valence-electron chi connectivity index (χ0n) is 15.0. The molecule has 0 aromatic heterocycles. The topological polar surface area (TPSA) is 35.5 Å². The summed E-state index contributed by atoms with van der Waals surface area (Å²) in [5, 5.41) is 0. The number of hydrogen-bond donors (Lipinski definition) is 0. The van der Waals surface area contributed by atoms with Crippen LogP contribution in [0.2, 0.25) is 0 Å². The molecule has 0 radical (unpaired) electrons. The largest absolute Gasteiger partial charge is 0.489 e. The van der Waals surface area contributed by atoms with Crippen LogP contribution in [0.5, 0.6) is 11.5 Å². The van der Waals surface area contributed by atoms with Gasteiger partial charge in [0.1, 0.15) is 18.1 Å². The Morgan fingerprint density at radius 3 is 2.39 bits per heavy atom. The summed E-state index contributed by atoms with van der Waals surface area (Å²) in [6, 6.07) is 21.0. The van der Waals surface area contributed by atoms with Gasteiger partial charge in [-0.1, -0.05) is 65.0 Å². The van der Waals surface area contributed by atoms with Gasteiger partial charge in [0.15, 0.2) is 5.76 Å². The first-order valence-corrected chi connectivity index (χ1v) is 9.60. The van der Waals surface area contributed by atoms with Gasteiger partial charge in [0.25, 0.3) is 0 Å². The van der Waals surface area contributed by atoms with Gasteiger partial charge in [-0.25, -0.2) is 0 Å². The van der Waals surface area contributed by atoms with Crippen molar-refractivity contribution in [2.45, 2.75) is 6.61 Å². The number of ketones is 1. The number of Topliss-reactive ketones (excluding diaryl/α,β-unsaturated/α-hetero) is 1. The van der Waals surface area contributed by atoms with Crippen molar-refractivity contribution in [1.29, 1.82) is 0 Å². The summed E-state index contributed by atoms with van der Waals surface area (Å²) in [4.78, 5) is 12.6. The number of benzene rings is 3. The molecule has 3 aromatic carbocycles. The molecule has 0 amide bonds. The summed E-state index contributed by atoms with van der Waals surface area (Å²) in [6.45, 7) is 4.19. The van der Waals surface area contributed by atoms with Crippen molar-refractivity contribution < 1.29 is 14.3 Å². The van der Waals surface area contributed by atoms with E-state index in [0.29, 0.717) is 29.4 Å². The first kappa shape index (κ1) is 18.3. The highest BCUT2D eigenvalue weighted by molar-refractivity contribution is 9.10. The summed E-state index contributed by atoms with van der Waals surface area (Å²) in [5.41, 5.74) is 3.57. The second-order valence-electron chi connectivity index (χ2n) is 6.38. The van der Waals surface area contributed by atoms with Crippen LogP contribution in [-0.2, 0) is 6.61 Å². The van der Waals surface area contributed by atoms with Crippen molar-refractivity contribution in [1.82, 2.24) is 0 Å². The molecule has 0 bridgehead atoms. The van der Waals surface area contributed by atoms with E-state index >= 15 is 0 Å². The monoisotopic (exact) mass is 432 g/mol. The highest BCUT2D eigenvalue weighted by atomic mass is 79.9. The van der Waals surface area contributed by atoms with E-state index in [4.69, 9.17) is 9.47 Å². The fraction of sp³-hybridized carbons (Fsp3) is 0.0417. The van der Waals surface area contributed by atoms with E-state index in [2.05, 4.69) is 22.5 Å². The molecule has 0 unspecified atom stereocenters. The third kappa shape index (κ3) is 3.92. The van der Waals surface area contributed by atoms with Crippen LogP contribution in [0.4, 0.5) is 0 Å². The average Bonchev–Trinajstić information content (AvgIpc) is 3.03. The van der Waals surface area contributed by atoms with Gasteiger partial charge < -0.3 is 9.47 Å². The highest BCUT2D eigenvalue weighted by Gasteiger charge is 2.27. The van der Waals surface area contributed by atoms with Gasteiger partial charge in [-0.3, -0.25) is 4.79 Å². The van der Waals surface area contributed by atoms with Crippen LogP contribution in [0, 0.1) is 0 Å². The molecule has 1 aliphatic heterocycles. The lowest BCUT2D eigenvalue weighted by molar-refractivity contribution is 0.101. The minimum atomic E-state index is -0.121. The summed E-state index contributed by atoms with van der Waals surface area (Å²) >= 11 is 3.40. The van der Waals surface area contributed by atoms with Gasteiger partial charge >= 0.3 is 0 Å². The lowest BCUT2D eigenvalue weighted by Crippen LogP contribution is -1.98. The Kier molecular flexibility index (Phi) is 5.13. The maximum absolute atomic E-state index is 12.6. The molecule has 3 aromatic rings. The Balaban J connectivity index is 1.48. The number of carbonyl (C=O) groups is 1. The third-order valence-corrected chi connectivity index (χ3v) is 4.96. The first-order valence-electron chi connectivity index (χ1n) is 8.80. The van der Waals surface area contributed by atoms with Crippen molar-refractivity contribution in [3.8, 4) is 11.5 Å². The quantitative estimate of drug-likeness (QED) is 0.444. The second-order valence-corrected chi connectivity index (χ2v) is 7.30. The van der Waals surface area contributed by atoms with Crippen LogP contribution >= 0.6 is 15.9 Å². The predicted molar refractivity (Wildman–Crippen MR) is 114 cm³/mol.